The van der Waals surface area contributed by atoms with Gasteiger partial charge in [0.15, 0.2) is 5.69 Å². The zero-order valence-corrected chi connectivity index (χ0v) is 17.7. The van der Waals surface area contributed by atoms with Gasteiger partial charge in [-0.05, 0) is 19.1 Å². The van der Waals surface area contributed by atoms with Crippen LogP contribution in [-0.2, 0) is 0 Å². The molecule has 2 amide bonds. The van der Waals surface area contributed by atoms with Gasteiger partial charge in [-0.3, -0.25) is 40.4 Å². The van der Waals surface area contributed by atoms with Crippen molar-refractivity contribution in [2.24, 2.45) is 0 Å². The molecule has 170 valence electrons. The summed E-state index contributed by atoms with van der Waals surface area (Å²) in [4.78, 5) is 48.1. The van der Waals surface area contributed by atoms with Gasteiger partial charge in [0.2, 0.25) is 5.43 Å². The van der Waals surface area contributed by atoms with Crippen molar-refractivity contribution in [3.05, 3.63) is 104 Å². The number of rotatable bonds is 5. The number of para-hydroxylation sites is 2. The van der Waals surface area contributed by atoms with E-state index in [1.165, 1.54) is 31.2 Å². The summed E-state index contributed by atoms with van der Waals surface area (Å²) in [6, 6.07) is 17.6. The quantitative estimate of drug-likeness (QED) is 0.303. The molecule has 0 bridgehead atoms. The molecule has 0 aliphatic heterocycles. The van der Waals surface area contributed by atoms with E-state index in [1.807, 2.05) is 30.3 Å². The van der Waals surface area contributed by atoms with E-state index < -0.39 is 27.9 Å². The fourth-order valence-corrected chi connectivity index (χ4v) is 3.18. The minimum Gasteiger partial charge on any atom is -0.287 e. The lowest BCUT2D eigenvalue weighted by molar-refractivity contribution is -0.384. The van der Waals surface area contributed by atoms with Crippen LogP contribution in [0.25, 0.3) is 16.9 Å². The summed E-state index contributed by atoms with van der Waals surface area (Å²) in [5.74, 6) is -1.69. The number of nitro groups is 1. The molecule has 0 fully saturated rings. The van der Waals surface area contributed by atoms with Crippen LogP contribution in [-0.4, -0.2) is 36.7 Å². The lowest BCUT2D eigenvalue weighted by atomic mass is 10.1. The second-order valence-corrected chi connectivity index (χ2v) is 7.10. The van der Waals surface area contributed by atoms with Crippen molar-refractivity contribution < 1.29 is 14.5 Å². The predicted octanol–water partition coefficient (Wildman–Crippen LogP) is 1.91. The minimum atomic E-state index is -0.992. The third kappa shape index (κ3) is 4.41. The average Bonchev–Trinajstić information content (AvgIpc) is 3.33. The highest BCUT2D eigenvalue weighted by atomic mass is 16.6. The van der Waals surface area contributed by atoms with E-state index in [1.54, 1.807) is 6.07 Å². The normalized spacial score (nSPS) is 10.5. The Kier molecular flexibility index (Phi) is 5.95. The SMILES string of the molecule is Cc1cc(=O)c(C(=O)NNC(=O)c2cc(-c3ccccc3)n[nH]2)nn1-c1ccccc1[N+](=O)[O-]. The summed E-state index contributed by atoms with van der Waals surface area (Å²) in [6.07, 6.45) is 0. The topological polar surface area (TPSA) is 165 Å². The zero-order valence-electron chi connectivity index (χ0n) is 17.7. The van der Waals surface area contributed by atoms with E-state index in [0.29, 0.717) is 5.69 Å². The Balaban J connectivity index is 1.54. The Morgan fingerprint density at radius 2 is 1.68 bits per heavy atom. The highest BCUT2D eigenvalue weighted by Crippen LogP contribution is 2.22. The maximum absolute atomic E-state index is 12.6. The number of benzene rings is 2. The third-order valence-electron chi connectivity index (χ3n) is 4.81. The van der Waals surface area contributed by atoms with E-state index in [-0.39, 0.29) is 22.8 Å². The number of H-pyrrole nitrogens is 1. The van der Waals surface area contributed by atoms with E-state index in [4.69, 9.17) is 0 Å². The molecule has 12 nitrogen and oxygen atoms in total. The van der Waals surface area contributed by atoms with Crippen LogP contribution in [0, 0.1) is 17.0 Å². The highest BCUT2D eigenvalue weighted by molar-refractivity contribution is 5.97. The molecule has 2 aromatic carbocycles. The number of hydrogen-bond donors (Lipinski definition) is 3. The molecule has 0 aliphatic rings. The van der Waals surface area contributed by atoms with Crippen LogP contribution in [0.4, 0.5) is 5.69 Å². The molecule has 0 spiro atoms. The molecule has 2 heterocycles. The van der Waals surface area contributed by atoms with Crippen LogP contribution in [0.3, 0.4) is 0 Å². The van der Waals surface area contributed by atoms with Gasteiger partial charge >= 0.3 is 0 Å². The summed E-state index contributed by atoms with van der Waals surface area (Å²) in [5, 5.41) is 22.0. The average molecular weight is 459 g/mol. The van der Waals surface area contributed by atoms with Gasteiger partial charge < -0.3 is 0 Å². The first-order valence-corrected chi connectivity index (χ1v) is 9.91. The van der Waals surface area contributed by atoms with Gasteiger partial charge in [0.25, 0.3) is 17.5 Å². The van der Waals surface area contributed by atoms with Crippen molar-refractivity contribution in [2.45, 2.75) is 6.92 Å². The lowest BCUT2D eigenvalue weighted by Gasteiger charge is -2.11. The molecule has 12 heteroatoms. The Hall–Kier alpha value is -5.13. The standard InChI is InChI=1S/C22H17N7O5/c1-13-11-19(30)20(27-28(13)17-9-5-6-10-18(17)29(33)34)22(32)26-25-21(31)16-12-15(23-24-16)14-7-3-2-4-8-14/h2-12H,1H3,(H,23,24)(H,25,31)(H,26,32). The number of aryl methyl sites for hydroxylation is 1. The molecule has 0 aliphatic carbocycles. The number of nitro benzene ring substituents is 1. The highest BCUT2D eigenvalue weighted by Gasteiger charge is 2.21. The van der Waals surface area contributed by atoms with Gasteiger partial charge in [0, 0.05) is 23.4 Å². The van der Waals surface area contributed by atoms with Crippen LogP contribution in [0.1, 0.15) is 26.7 Å². The summed E-state index contributed by atoms with van der Waals surface area (Å²) in [6.45, 7) is 1.52. The molecular formula is C22H17N7O5. The summed E-state index contributed by atoms with van der Waals surface area (Å²) >= 11 is 0. The van der Waals surface area contributed by atoms with Crippen molar-refractivity contribution >= 4 is 17.5 Å². The minimum absolute atomic E-state index is 0.0772. The number of hydrazine groups is 1. The number of carbonyl (C=O) groups is 2. The van der Waals surface area contributed by atoms with Gasteiger partial charge in [-0.15, -0.1) is 0 Å². The third-order valence-corrected chi connectivity index (χ3v) is 4.81. The molecule has 0 atom stereocenters. The lowest BCUT2D eigenvalue weighted by Crippen LogP contribution is -2.44. The summed E-state index contributed by atoms with van der Waals surface area (Å²) in [5.41, 5.74) is 4.55. The molecule has 3 N–H and O–H groups in total. The number of hydrogen-bond acceptors (Lipinski definition) is 7. The van der Waals surface area contributed by atoms with Gasteiger partial charge in [0.1, 0.15) is 11.4 Å². The van der Waals surface area contributed by atoms with E-state index in [2.05, 4.69) is 26.1 Å². The van der Waals surface area contributed by atoms with Crippen molar-refractivity contribution in [3.63, 3.8) is 0 Å². The molecule has 0 radical (unpaired) electrons. The maximum atomic E-state index is 12.6. The predicted molar refractivity (Wildman–Crippen MR) is 120 cm³/mol. The Bertz CT molecular complexity index is 1460. The van der Waals surface area contributed by atoms with Crippen LogP contribution in [0.2, 0.25) is 0 Å². The van der Waals surface area contributed by atoms with Crippen LogP contribution in [0.5, 0.6) is 0 Å². The molecule has 0 saturated heterocycles. The second-order valence-electron chi connectivity index (χ2n) is 7.10. The molecular weight excluding hydrogens is 442 g/mol. The molecule has 4 rings (SSSR count). The van der Waals surface area contributed by atoms with Gasteiger partial charge in [0.05, 0.1) is 10.6 Å². The van der Waals surface area contributed by atoms with Gasteiger partial charge in [-0.1, -0.05) is 42.5 Å². The first-order chi connectivity index (χ1) is 16.3. The molecule has 0 unspecified atom stereocenters. The maximum Gasteiger partial charge on any atom is 0.294 e. The smallest absolute Gasteiger partial charge is 0.287 e. The van der Waals surface area contributed by atoms with Crippen molar-refractivity contribution in [1.29, 1.82) is 0 Å². The van der Waals surface area contributed by atoms with Crippen molar-refractivity contribution in [2.75, 3.05) is 0 Å². The number of amides is 2. The van der Waals surface area contributed by atoms with Crippen LogP contribution >= 0.6 is 0 Å². The fourth-order valence-electron chi connectivity index (χ4n) is 3.18. The largest absolute Gasteiger partial charge is 0.294 e. The van der Waals surface area contributed by atoms with Crippen LogP contribution < -0.4 is 16.3 Å². The number of carbonyl (C=O) groups excluding carboxylic acids is 2. The number of nitrogens with one attached hydrogen (secondary N) is 3. The van der Waals surface area contributed by atoms with Gasteiger partial charge in [-0.2, -0.15) is 10.2 Å². The second kappa shape index (κ2) is 9.16. The molecule has 0 saturated carbocycles. The zero-order chi connectivity index (χ0) is 24.2. The number of nitrogens with zero attached hydrogens (tertiary/aromatic N) is 4. The van der Waals surface area contributed by atoms with Crippen molar-refractivity contribution in [1.82, 2.24) is 30.8 Å². The summed E-state index contributed by atoms with van der Waals surface area (Å²) in [7, 11) is 0. The molecule has 2 aromatic heterocycles. The Labute approximate surface area is 191 Å². The number of aromatic nitrogens is 4. The van der Waals surface area contributed by atoms with Crippen LogP contribution in [0.15, 0.2) is 71.5 Å². The monoisotopic (exact) mass is 459 g/mol. The first kappa shape index (κ1) is 22.1. The Morgan fingerprint density at radius 1 is 1.00 bits per heavy atom. The molecule has 4 aromatic rings. The number of aromatic amines is 1. The van der Waals surface area contributed by atoms with E-state index in [0.717, 1.165) is 16.3 Å². The van der Waals surface area contributed by atoms with E-state index >= 15 is 0 Å². The van der Waals surface area contributed by atoms with E-state index in [9.17, 15) is 24.5 Å². The summed E-state index contributed by atoms with van der Waals surface area (Å²) < 4.78 is 1.12. The fraction of sp³-hybridized carbons (Fsp3) is 0.0455. The molecule has 34 heavy (non-hydrogen) atoms. The van der Waals surface area contributed by atoms with Gasteiger partial charge in [-0.25, -0.2) is 4.68 Å². The Morgan fingerprint density at radius 3 is 2.41 bits per heavy atom. The first-order valence-electron chi connectivity index (χ1n) is 9.91. The van der Waals surface area contributed by atoms with Crippen molar-refractivity contribution in [3.8, 4) is 16.9 Å².